The first kappa shape index (κ1) is 12.6. The number of urea groups is 1. The lowest BCUT2D eigenvalue weighted by molar-refractivity contribution is 0.0697. The Morgan fingerprint density at radius 3 is 2.95 bits per heavy atom. The van der Waals surface area contributed by atoms with E-state index in [1.165, 1.54) is 6.07 Å². The van der Waals surface area contributed by atoms with Gasteiger partial charge >= 0.3 is 12.0 Å². The molecular formula is C13H16N4O3. The summed E-state index contributed by atoms with van der Waals surface area (Å²) < 4.78 is 0. The minimum Gasteiger partial charge on any atom is -0.478 e. The Balaban J connectivity index is 1.89. The summed E-state index contributed by atoms with van der Waals surface area (Å²) in [5.41, 5.74) is 7.16. The molecule has 1 aromatic carbocycles. The molecule has 20 heavy (non-hydrogen) atoms. The predicted molar refractivity (Wildman–Crippen MR) is 73.9 cm³/mol. The van der Waals surface area contributed by atoms with Crippen molar-refractivity contribution in [3.63, 3.8) is 0 Å². The fraction of sp³-hybridized carbons (Fsp3) is 0.385. The summed E-state index contributed by atoms with van der Waals surface area (Å²) in [6.45, 7) is 2.40. The summed E-state index contributed by atoms with van der Waals surface area (Å²) in [5, 5.41) is 12.1. The van der Waals surface area contributed by atoms with Crippen molar-refractivity contribution >= 4 is 23.4 Å². The lowest BCUT2D eigenvalue weighted by atomic mass is 10.1. The Morgan fingerprint density at radius 1 is 1.40 bits per heavy atom. The van der Waals surface area contributed by atoms with Crippen LogP contribution in [0.4, 0.5) is 16.2 Å². The van der Waals surface area contributed by atoms with E-state index >= 15 is 0 Å². The van der Waals surface area contributed by atoms with Gasteiger partial charge in [-0.3, -0.25) is 0 Å². The minimum atomic E-state index is -0.969. The maximum absolute atomic E-state index is 11.6. The van der Waals surface area contributed by atoms with Gasteiger partial charge in [0, 0.05) is 31.9 Å². The molecule has 2 saturated heterocycles. The predicted octanol–water partition coefficient (Wildman–Crippen LogP) is 0.181. The molecule has 4 N–H and O–H groups in total. The molecule has 1 unspecified atom stereocenters. The number of nitrogen functional groups attached to an aromatic ring is 1. The van der Waals surface area contributed by atoms with E-state index in [9.17, 15) is 14.7 Å². The summed E-state index contributed by atoms with van der Waals surface area (Å²) in [6, 6.07) is 4.84. The lowest BCUT2D eigenvalue weighted by Crippen LogP contribution is -2.52. The summed E-state index contributed by atoms with van der Waals surface area (Å²) in [7, 11) is 0. The summed E-state index contributed by atoms with van der Waals surface area (Å²) in [5.74, 6) is -0.969. The van der Waals surface area contributed by atoms with Crippen LogP contribution in [-0.4, -0.2) is 54.2 Å². The molecule has 0 radical (unpaired) electrons. The second kappa shape index (κ2) is 4.59. The van der Waals surface area contributed by atoms with Gasteiger partial charge in [0.15, 0.2) is 0 Å². The van der Waals surface area contributed by atoms with Crippen molar-refractivity contribution in [3.8, 4) is 0 Å². The standard InChI is InChI=1S/C13H16N4O3/c14-8-1-2-10(12(18)19)11(5-8)16-3-4-17-9(7-16)6-15-13(17)20/h1-2,5,9H,3-4,6-7,14H2,(H,15,20)(H,18,19). The van der Waals surface area contributed by atoms with Crippen LogP contribution in [0.5, 0.6) is 0 Å². The second-order valence-corrected chi connectivity index (χ2v) is 5.06. The van der Waals surface area contributed by atoms with E-state index in [1.54, 1.807) is 17.0 Å². The van der Waals surface area contributed by atoms with Crippen LogP contribution in [0.3, 0.4) is 0 Å². The Morgan fingerprint density at radius 2 is 2.20 bits per heavy atom. The maximum atomic E-state index is 11.6. The first-order chi connectivity index (χ1) is 9.56. The molecule has 0 aliphatic carbocycles. The van der Waals surface area contributed by atoms with Gasteiger partial charge in [0.2, 0.25) is 0 Å². The number of carboxylic acids is 1. The van der Waals surface area contributed by atoms with Gasteiger partial charge in [-0.1, -0.05) is 0 Å². The smallest absolute Gasteiger partial charge is 0.337 e. The SMILES string of the molecule is Nc1ccc(C(=O)O)c(N2CCN3C(=O)NCC3C2)c1. The summed E-state index contributed by atoms with van der Waals surface area (Å²) in [6.07, 6.45) is 0. The average molecular weight is 276 g/mol. The molecule has 0 aromatic heterocycles. The average Bonchev–Trinajstić information content (AvgIpc) is 2.79. The number of nitrogens with one attached hydrogen (secondary N) is 1. The number of benzene rings is 1. The number of nitrogens with two attached hydrogens (primary N) is 1. The first-order valence-corrected chi connectivity index (χ1v) is 6.48. The number of fused-ring (bicyclic) bond motifs is 1. The fourth-order valence-corrected chi connectivity index (χ4v) is 2.81. The highest BCUT2D eigenvalue weighted by molar-refractivity contribution is 5.95. The van der Waals surface area contributed by atoms with Gasteiger partial charge in [-0.25, -0.2) is 9.59 Å². The quantitative estimate of drug-likeness (QED) is 0.669. The largest absolute Gasteiger partial charge is 0.478 e. The number of piperazine rings is 1. The third kappa shape index (κ3) is 2.01. The Bertz CT molecular complexity index is 575. The number of rotatable bonds is 2. The molecule has 0 spiro atoms. The van der Waals surface area contributed by atoms with Crippen LogP contribution in [0.1, 0.15) is 10.4 Å². The van der Waals surface area contributed by atoms with Gasteiger partial charge < -0.3 is 26.0 Å². The highest BCUT2D eigenvalue weighted by atomic mass is 16.4. The number of carbonyl (C=O) groups excluding carboxylic acids is 1. The zero-order chi connectivity index (χ0) is 14.3. The molecule has 2 heterocycles. The van der Waals surface area contributed by atoms with E-state index in [0.29, 0.717) is 37.6 Å². The van der Waals surface area contributed by atoms with Gasteiger partial charge in [-0.2, -0.15) is 0 Å². The number of aromatic carboxylic acids is 1. The Kier molecular flexibility index (Phi) is 2.89. The molecule has 2 amide bonds. The zero-order valence-corrected chi connectivity index (χ0v) is 10.9. The normalized spacial score (nSPS) is 21.6. The third-order valence-electron chi connectivity index (χ3n) is 3.83. The number of amides is 2. The van der Waals surface area contributed by atoms with Crippen molar-refractivity contribution in [3.05, 3.63) is 23.8 Å². The van der Waals surface area contributed by atoms with E-state index in [4.69, 9.17) is 5.73 Å². The van der Waals surface area contributed by atoms with E-state index < -0.39 is 5.97 Å². The topological polar surface area (TPSA) is 98.9 Å². The summed E-state index contributed by atoms with van der Waals surface area (Å²) >= 11 is 0. The van der Waals surface area contributed by atoms with Crippen molar-refractivity contribution in [2.45, 2.75) is 6.04 Å². The molecule has 0 bridgehead atoms. The number of anilines is 2. The zero-order valence-electron chi connectivity index (χ0n) is 10.9. The molecular weight excluding hydrogens is 260 g/mol. The maximum Gasteiger partial charge on any atom is 0.337 e. The van der Waals surface area contributed by atoms with Crippen LogP contribution >= 0.6 is 0 Å². The van der Waals surface area contributed by atoms with Crippen LogP contribution in [0.15, 0.2) is 18.2 Å². The van der Waals surface area contributed by atoms with Gasteiger partial charge in [0.1, 0.15) is 0 Å². The molecule has 2 aliphatic heterocycles. The van der Waals surface area contributed by atoms with E-state index in [0.717, 1.165) is 0 Å². The molecule has 106 valence electrons. The molecule has 7 nitrogen and oxygen atoms in total. The third-order valence-corrected chi connectivity index (χ3v) is 3.83. The molecule has 1 atom stereocenters. The molecule has 1 aromatic rings. The lowest BCUT2D eigenvalue weighted by Gasteiger charge is -2.38. The van der Waals surface area contributed by atoms with Crippen LogP contribution in [0, 0.1) is 0 Å². The first-order valence-electron chi connectivity index (χ1n) is 6.48. The summed E-state index contributed by atoms with van der Waals surface area (Å²) in [4.78, 5) is 26.7. The highest BCUT2D eigenvalue weighted by Gasteiger charge is 2.36. The fourth-order valence-electron chi connectivity index (χ4n) is 2.81. The van der Waals surface area contributed by atoms with Crippen molar-refractivity contribution < 1.29 is 14.7 Å². The monoisotopic (exact) mass is 276 g/mol. The molecule has 7 heteroatoms. The van der Waals surface area contributed by atoms with E-state index in [2.05, 4.69) is 5.32 Å². The molecule has 3 rings (SSSR count). The van der Waals surface area contributed by atoms with Gasteiger partial charge in [0.25, 0.3) is 0 Å². The van der Waals surface area contributed by atoms with Crippen LogP contribution in [0.2, 0.25) is 0 Å². The number of hydrogen-bond donors (Lipinski definition) is 3. The van der Waals surface area contributed by atoms with E-state index in [-0.39, 0.29) is 17.6 Å². The van der Waals surface area contributed by atoms with E-state index in [1.807, 2.05) is 4.90 Å². The van der Waals surface area contributed by atoms with Crippen LogP contribution in [0.25, 0.3) is 0 Å². The number of nitrogens with zero attached hydrogens (tertiary/aromatic N) is 2. The highest BCUT2D eigenvalue weighted by Crippen LogP contribution is 2.27. The Labute approximate surface area is 116 Å². The van der Waals surface area contributed by atoms with Crippen LogP contribution in [-0.2, 0) is 0 Å². The van der Waals surface area contributed by atoms with Crippen molar-refractivity contribution in [1.29, 1.82) is 0 Å². The number of carboxylic acid groups (broad SMARTS) is 1. The Hall–Kier alpha value is -2.44. The molecule has 2 fully saturated rings. The van der Waals surface area contributed by atoms with Gasteiger partial charge in [-0.05, 0) is 18.2 Å². The van der Waals surface area contributed by atoms with Crippen molar-refractivity contribution in [1.82, 2.24) is 10.2 Å². The molecule has 0 saturated carbocycles. The van der Waals surface area contributed by atoms with Crippen LogP contribution < -0.4 is 16.0 Å². The minimum absolute atomic E-state index is 0.0410. The number of hydrogen-bond acceptors (Lipinski definition) is 4. The van der Waals surface area contributed by atoms with Gasteiger partial charge in [-0.15, -0.1) is 0 Å². The second-order valence-electron chi connectivity index (χ2n) is 5.06. The van der Waals surface area contributed by atoms with Gasteiger partial charge in [0.05, 0.1) is 17.3 Å². The van der Waals surface area contributed by atoms with Crippen molar-refractivity contribution in [2.24, 2.45) is 0 Å². The van der Waals surface area contributed by atoms with Crippen molar-refractivity contribution in [2.75, 3.05) is 36.8 Å². The molecule has 2 aliphatic rings. The number of carbonyl (C=O) groups is 2.